The van der Waals surface area contributed by atoms with Crippen LogP contribution in [0.2, 0.25) is 0 Å². The van der Waals surface area contributed by atoms with Gasteiger partial charge in [0.1, 0.15) is 0 Å². The van der Waals surface area contributed by atoms with Crippen LogP contribution in [0.1, 0.15) is 12.5 Å². The molecule has 0 spiro atoms. The Labute approximate surface area is 190 Å². The number of carbonyl (C=O) groups excluding carboxylic acids is 1. The first kappa shape index (κ1) is 22.3. The van der Waals surface area contributed by atoms with Gasteiger partial charge in [-0.05, 0) is 0 Å². The van der Waals surface area contributed by atoms with Crippen molar-refractivity contribution in [3.8, 4) is 0 Å². The molecule has 0 radical (unpaired) electrons. The number of benzene rings is 3. The monoisotopic (exact) mass is 529 g/mol. The maximum atomic E-state index is 12.9. The summed E-state index contributed by atoms with van der Waals surface area (Å²) in [6, 6.07) is 30.5. The molecule has 3 rings (SSSR count). The van der Waals surface area contributed by atoms with E-state index in [1.807, 2.05) is 66.5 Å². The van der Waals surface area contributed by atoms with Gasteiger partial charge >= 0.3 is 191 Å². The minimum atomic E-state index is -0.292. The Morgan fingerprint density at radius 3 is 2.03 bits per heavy atom. The first-order valence-corrected chi connectivity index (χ1v) is 13.2. The summed E-state index contributed by atoms with van der Waals surface area (Å²) in [4.78, 5) is 19.8. The average Bonchev–Trinajstić information content (AvgIpc) is 2.79. The SMILES string of the molecule is CCOC(=O)/C(=C/[Se]c1ccccc1)C(=NCc1ccccc1)[Se]c1ccccc1. The van der Waals surface area contributed by atoms with Crippen LogP contribution in [0.3, 0.4) is 0 Å². The third-order valence-electron chi connectivity index (χ3n) is 3.99. The molecule has 0 aliphatic carbocycles. The van der Waals surface area contributed by atoms with Crippen LogP contribution in [-0.2, 0) is 16.1 Å². The summed E-state index contributed by atoms with van der Waals surface area (Å²) in [5.74, 6) is -0.292. The molecule has 0 atom stereocenters. The van der Waals surface area contributed by atoms with Crippen molar-refractivity contribution in [2.45, 2.75) is 13.5 Å². The molecule has 0 aliphatic heterocycles. The van der Waals surface area contributed by atoms with E-state index < -0.39 is 0 Å². The van der Waals surface area contributed by atoms with E-state index in [2.05, 4.69) is 36.4 Å². The normalized spacial score (nSPS) is 11.9. The number of nitrogens with zero attached hydrogens (tertiary/aromatic N) is 1. The van der Waals surface area contributed by atoms with Crippen LogP contribution < -0.4 is 8.92 Å². The molecule has 3 aromatic rings. The summed E-state index contributed by atoms with van der Waals surface area (Å²) in [7, 11) is 0. The zero-order valence-electron chi connectivity index (χ0n) is 16.7. The van der Waals surface area contributed by atoms with Gasteiger partial charge in [0.25, 0.3) is 0 Å². The fourth-order valence-corrected chi connectivity index (χ4v) is 6.43. The molecule has 0 heterocycles. The molecule has 3 nitrogen and oxygen atoms in total. The van der Waals surface area contributed by atoms with Gasteiger partial charge in [-0.2, -0.15) is 0 Å². The Bertz CT molecular complexity index is 987. The zero-order chi connectivity index (χ0) is 21.0. The number of esters is 1. The summed E-state index contributed by atoms with van der Waals surface area (Å²) < 4.78 is 8.61. The second-order valence-electron chi connectivity index (χ2n) is 6.20. The maximum absolute atomic E-state index is 12.9. The van der Waals surface area contributed by atoms with Gasteiger partial charge in [-0.3, -0.25) is 0 Å². The van der Waals surface area contributed by atoms with Crippen molar-refractivity contribution in [1.82, 2.24) is 0 Å². The number of hydrogen-bond donors (Lipinski definition) is 0. The number of ether oxygens (including phenoxy) is 1. The van der Waals surface area contributed by atoms with Crippen LogP contribution in [0.25, 0.3) is 0 Å². The second kappa shape index (κ2) is 12.3. The fraction of sp³-hybridized carbons (Fsp3) is 0.120. The predicted octanol–water partition coefficient (Wildman–Crippen LogP) is 3.09. The third kappa shape index (κ3) is 7.12. The molecule has 30 heavy (non-hydrogen) atoms. The van der Waals surface area contributed by atoms with Crippen molar-refractivity contribution in [1.29, 1.82) is 0 Å². The summed E-state index contributed by atoms with van der Waals surface area (Å²) >= 11 is -0.0783. The molecular weight excluding hydrogens is 504 g/mol. The molecule has 0 fully saturated rings. The van der Waals surface area contributed by atoms with E-state index in [4.69, 9.17) is 9.73 Å². The van der Waals surface area contributed by atoms with Crippen LogP contribution in [-0.4, -0.2) is 47.1 Å². The van der Waals surface area contributed by atoms with Gasteiger partial charge in [0.2, 0.25) is 0 Å². The molecular formula is C25H23NO2Se2. The summed E-state index contributed by atoms with van der Waals surface area (Å²) in [6.07, 6.45) is 0. The Morgan fingerprint density at radius 2 is 1.43 bits per heavy atom. The van der Waals surface area contributed by atoms with Gasteiger partial charge in [-0.1, -0.05) is 0 Å². The Hall–Kier alpha value is -2.42. The van der Waals surface area contributed by atoms with Crippen LogP contribution in [0.4, 0.5) is 0 Å². The molecule has 0 amide bonds. The molecule has 0 aliphatic rings. The average molecular weight is 527 g/mol. The van der Waals surface area contributed by atoms with Crippen molar-refractivity contribution < 1.29 is 9.53 Å². The number of hydrogen-bond acceptors (Lipinski definition) is 3. The van der Waals surface area contributed by atoms with Crippen molar-refractivity contribution >= 4 is 49.4 Å². The van der Waals surface area contributed by atoms with Gasteiger partial charge in [0.05, 0.1) is 0 Å². The molecule has 3 aromatic carbocycles. The molecule has 0 saturated heterocycles. The van der Waals surface area contributed by atoms with E-state index >= 15 is 0 Å². The van der Waals surface area contributed by atoms with Crippen LogP contribution >= 0.6 is 0 Å². The fourth-order valence-electron chi connectivity index (χ4n) is 2.54. The van der Waals surface area contributed by atoms with Crippen LogP contribution in [0.5, 0.6) is 0 Å². The summed E-state index contributed by atoms with van der Waals surface area (Å²) in [5.41, 5.74) is 1.72. The summed E-state index contributed by atoms with van der Waals surface area (Å²) in [6.45, 7) is 2.72. The van der Waals surface area contributed by atoms with Gasteiger partial charge < -0.3 is 0 Å². The molecule has 5 heteroatoms. The van der Waals surface area contributed by atoms with E-state index in [9.17, 15) is 4.79 Å². The van der Waals surface area contributed by atoms with E-state index in [-0.39, 0.29) is 35.9 Å². The predicted molar refractivity (Wildman–Crippen MR) is 126 cm³/mol. The topological polar surface area (TPSA) is 38.7 Å². The van der Waals surface area contributed by atoms with E-state index in [1.165, 1.54) is 8.92 Å². The minimum absolute atomic E-state index is 0.0175. The first-order chi connectivity index (χ1) is 14.8. The van der Waals surface area contributed by atoms with Gasteiger partial charge in [0, 0.05) is 0 Å². The van der Waals surface area contributed by atoms with Crippen LogP contribution in [0.15, 0.2) is 107 Å². The van der Waals surface area contributed by atoms with Crippen molar-refractivity contribution in [2.24, 2.45) is 4.99 Å². The van der Waals surface area contributed by atoms with E-state index in [0.29, 0.717) is 18.7 Å². The van der Waals surface area contributed by atoms with Gasteiger partial charge in [0.15, 0.2) is 0 Å². The number of rotatable bonds is 9. The zero-order valence-corrected chi connectivity index (χ0v) is 20.2. The molecule has 152 valence electrons. The van der Waals surface area contributed by atoms with E-state index in [1.54, 1.807) is 0 Å². The molecule has 0 N–H and O–H groups in total. The van der Waals surface area contributed by atoms with Crippen molar-refractivity contribution in [3.63, 3.8) is 0 Å². The Morgan fingerprint density at radius 1 is 0.867 bits per heavy atom. The third-order valence-corrected chi connectivity index (χ3v) is 8.07. The molecule has 0 saturated carbocycles. The van der Waals surface area contributed by atoms with Crippen molar-refractivity contribution in [2.75, 3.05) is 6.61 Å². The summed E-state index contributed by atoms with van der Waals surface area (Å²) in [5, 5.41) is 0. The van der Waals surface area contributed by atoms with Gasteiger partial charge in [-0.15, -0.1) is 0 Å². The standard InChI is InChI=1S/C25H23NO2Se2/c1-2-28-25(27)23(19-29-21-14-8-4-9-15-21)24(30-22-16-10-5-11-17-22)26-18-20-12-6-3-7-13-20/h3-17,19H,2,18H2,1H3/b23-19+,26-24?. The number of carbonyl (C=O) groups is 1. The molecule has 0 bridgehead atoms. The number of aliphatic imine (C=N–C) groups is 1. The quantitative estimate of drug-likeness (QED) is 0.186. The first-order valence-electron chi connectivity index (χ1n) is 9.67. The Kier molecular flexibility index (Phi) is 9.14. The molecule has 0 aromatic heterocycles. The van der Waals surface area contributed by atoms with Gasteiger partial charge in [-0.25, -0.2) is 0 Å². The Balaban J connectivity index is 1.94. The van der Waals surface area contributed by atoms with Crippen LogP contribution in [0, 0.1) is 0 Å². The second-order valence-corrected chi connectivity index (χ2v) is 10.4. The molecule has 0 unspecified atom stereocenters. The van der Waals surface area contributed by atoms with Crippen molar-refractivity contribution in [3.05, 3.63) is 107 Å². The van der Waals surface area contributed by atoms with E-state index in [0.717, 1.165) is 10.2 Å².